The molecule has 0 aliphatic rings. The van der Waals surface area contributed by atoms with Crippen LogP contribution in [0.15, 0.2) is 18.2 Å². The minimum absolute atomic E-state index is 0.347. The predicted octanol–water partition coefficient (Wildman–Crippen LogP) is 1.76. The van der Waals surface area contributed by atoms with Crippen molar-refractivity contribution in [3.63, 3.8) is 0 Å². The molecular formula is C8H8F4N2. The number of benzene rings is 1. The van der Waals surface area contributed by atoms with Gasteiger partial charge in [-0.1, -0.05) is 12.1 Å². The SMILES string of the molecule is NC(N)c1cccc(C(F)(F)F)c1F. The number of halogens is 4. The first-order valence-corrected chi connectivity index (χ1v) is 3.71. The fraction of sp³-hybridized carbons (Fsp3) is 0.250. The Morgan fingerprint density at radius 1 is 1.14 bits per heavy atom. The average molecular weight is 208 g/mol. The zero-order chi connectivity index (χ0) is 10.9. The summed E-state index contributed by atoms with van der Waals surface area (Å²) in [6, 6.07) is 2.82. The molecule has 2 nitrogen and oxygen atoms in total. The summed E-state index contributed by atoms with van der Waals surface area (Å²) in [6.45, 7) is 0. The number of hydrogen-bond acceptors (Lipinski definition) is 2. The summed E-state index contributed by atoms with van der Waals surface area (Å²) in [5.74, 6) is -1.41. The molecular weight excluding hydrogens is 200 g/mol. The van der Waals surface area contributed by atoms with Gasteiger partial charge in [0, 0.05) is 5.56 Å². The van der Waals surface area contributed by atoms with Gasteiger partial charge >= 0.3 is 6.18 Å². The van der Waals surface area contributed by atoms with Crippen molar-refractivity contribution in [2.24, 2.45) is 11.5 Å². The van der Waals surface area contributed by atoms with Crippen LogP contribution in [0, 0.1) is 5.82 Å². The first-order valence-electron chi connectivity index (χ1n) is 3.71. The van der Waals surface area contributed by atoms with Gasteiger partial charge in [0.1, 0.15) is 5.82 Å². The van der Waals surface area contributed by atoms with Gasteiger partial charge in [0.2, 0.25) is 0 Å². The van der Waals surface area contributed by atoms with Crippen LogP contribution in [0.25, 0.3) is 0 Å². The van der Waals surface area contributed by atoms with Gasteiger partial charge in [0.15, 0.2) is 0 Å². The maximum atomic E-state index is 13.1. The molecule has 0 heterocycles. The Balaban J connectivity index is 3.28. The van der Waals surface area contributed by atoms with Crippen LogP contribution in [-0.2, 0) is 6.18 Å². The summed E-state index contributed by atoms with van der Waals surface area (Å²) in [5, 5.41) is 0. The monoisotopic (exact) mass is 208 g/mol. The molecule has 4 N–H and O–H groups in total. The zero-order valence-corrected chi connectivity index (χ0v) is 6.98. The van der Waals surface area contributed by atoms with E-state index in [4.69, 9.17) is 11.5 Å². The molecule has 0 saturated heterocycles. The Morgan fingerprint density at radius 2 is 1.71 bits per heavy atom. The first kappa shape index (κ1) is 10.9. The van der Waals surface area contributed by atoms with Gasteiger partial charge in [0.05, 0.1) is 11.7 Å². The van der Waals surface area contributed by atoms with Gasteiger partial charge in [0.25, 0.3) is 0 Å². The molecule has 14 heavy (non-hydrogen) atoms. The number of rotatable bonds is 1. The van der Waals surface area contributed by atoms with E-state index >= 15 is 0 Å². The third kappa shape index (κ3) is 2.02. The van der Waals surface area contributed by atoms with E-state index in [2.05, 4.69) is 0 Å². The number of nitrogens with two attached hydrogens (primary N) is 2. The van der Waals surface area contributed by atoms with E-state index in [0.717, 1.165) is 12.1 Å². The van der Waals surface area contributed by atoms with E-state index < -0.39 is 23.7 Å². The van der Waals surface area contributed by atoms with Crippen LogP contribution in [0.3, 0.4) is 0 Å². The largest absolute Gasteiger partial charge is 0.419 e. The number of alkyl halides is 3. The van der Waals surface area contributed by atoms with E-state index in [1.807, 2.05) is 0 Å². The van der Waals surface area contributed by atoms with Gasteiger partial charge < -0.3 is 11.5 Å². The highest BCUT2D eigenvalue weighted by Gasteiger charge is 2.35. The van der Waals surface area contributed by atoms with E-state index in [0.29, 0.717) is 6.07 Å². The first-order chi connectivity index (χ1) is 6.34. The summed E-state index contributed by atoms with van der Waals surface area (Å²) in [7, 11) is 0. The topological polar surface area (TPSA) is 52.0 Å². The molecule has 0 atom stereocenters. The summed E-state index contributed by atoms with van der Waals surface area (Å²) < 4.78 is 49.7. The molecule has 0 amide bonds. The van der Waals surface area contributed by atoms with Crippen LogP contribution in [-0.4, -0.2) is 0 Å². The molecule has 0 saturated carbocycles. The maximum absolute atomic E-state index is 13.1. The van der Waals surface area contributed by atoms with E-state index in [9.17, 15) is 17.6 Å². The highest BCUT2D eigenvalue weighted by molar-refractivity contribution is 5.29. The Bertz CT molecular complexity index is 333. The fourth-order valence-corrected chi connectivity index (χ4v) is 1.03. The molecule has 0 spiro atoms. The molecule has 0 aliphatic heterocycles. The molecule has 6 heteroatoms. The Labute approximate surface area is 77.5 Å². The van der Waals surface area contributed by atoms with E-state index in [1.54, 1.807) is 0 Å². The third-order valence-corrected chi connectivity index (χ3v) is 1.69. The van der Waals surface area contributed by atoms with Crippen molar-refractivity contribution < 1.29 is 17.6 Å². The Hall–Kier alpha value is -1.14. The summed E-state index contributed by atoms with van der Waals surface area (Å²) in [6.07, 6.45) is -5.98. The van der Waals surface area contributed by atoms with Crippen molar-refractivity contribution >= 4 is 0 Å². The van der Waals surface area contributed by atoms with Crippen LogP contribution in [0.1, 0.15) is 17.3 Å². The normalized spacial score (nSPS) is 12.2. The molecule has 0 fully saturated rings. The molecule has 1 aromatic rings. The lowest BCUT2D eigenvalue weighted by Crippen LogP contribution is -2.23. The van der Waals surface area contributed by atoms with Crippen LogP contribution in [0.5, 0.6) is 0 Å². The van der Waals surface area contributed by atoms with Crippen LogP contribution >= 0.6 is 0 Å². The van der Waals surface area contributed by atoms with Gasteiger partial charge in [-0.15, -0.1) is 0 Å². The van der Waals surface area contributed by atoms with E-state index in [-0.39, 0.29) is 5.56 Å². The van der Waals surface area contributed by atoms with Crippen molar-refractivity contribution in [1.82, 2.24) is 0 Å². The van der Waals surface area contributed by atoms with Gasteiger partial charge in [-0.3, -0.25) is 0 Å². The standard InChI is InChI=1S/C8H8F4N2/c9-6-4(7(13)14)2-1-3-5(6)8(10,11)12/h1-3,7H,13-14H2. The summed E-state index contributed by atoms with van der Waals surface area (Å²) in [4.78, 5) is 0. The molecule has 0 radical (unpaired) electrons. The van der Waals surface area contributed by atoms with Crippen LogP contribution in [0.4, 0.5) is 17.6 Å². The highest BCUT2D eigenvalue weighted by Crippen LogP contribution is 2.32. The van der Waals surface area contributed by atoms with Gasteiger partial charge in [-0.2, -0.15) is 13.2 Å². The minimum Gasteiger partial charge on any atom is -0.312 e. The second-order valence-corrected chi connectivity index (χ2v) is 2.73. The Morgan fingerprint density at radius 3 is 2.14 bits per heavy atom. The smallest absolute Gasteiger partial charge is 0.312 e. The van der Waals surface area contributed by atoms with Crippen LogP contribution < -0.4 is 11.5 Å². The van der Waals surface area contributed by atoms with E-state index in [1.165, 1.54) is 0 Å². The summed E-state index contributed by atoms with van der Waals surface area (Å²) >= 11 is 0. The van der Waals surface area contributed by atoms with Crippen molar-refractivity contribution in [3.05, 3.63) is 35.1 Å². The fourth-order valence-electron chi connectivity index (χ4n) is 1.03. The van der Waals surface area contributed by atoms with Crippen LogP contribution in [0.2, 0.25) is 0 Å². The zero-order valence-electron chi connectivity index (χ0n) is 6.98. The lowest BCUT2D eigenvalue weighted by atomic mass is 10.1. The molecule has 1 aromatic carbocycles. The van der Waals surface area contributed by atoms with Crippen molar-refractivity contribution in [2.75, 3.05) is 0 Å². The van der Waals surface area contributed by atoms with Gasteiger partial charge in [-0.05, 0) is 6.07 Å². The molecule has 0 aromatic heterocycles. The summed E-state index contributed by atoms with van der Waals surface area (Å²) in [5.41, 5.74) is 8.50. The quantitative estimate of drug-likeness (QED) is 0.545. The lowest BCUT2D eigenvalue weighted by Gasteiger charge is -2.12. The second-order valence-electron chi connectivity index (χ2n) is 2.73. The molecule has 1 rings (SSSR count). The van der Waals surface area contributed by atoms with Crippen molar-refractivity contribution in [3.8, 4) is 0 Å². The molecule has 0 unspecified atom stereocenters. The molecule has 0 bridgehead atoms. The molecule has 78 valence electrons. The lowest BCUT2D eigenvalue weighted by molar-refractivity contribution is -0.140. The second kappa shape index (κ2) is 3.55. The van der Waals surface area contributed by atoms with Crippen molar-refractivity contribution in [1.29, 1.82) is 0 Å². The van der Waals surface area contributed by atoms with Gasteiger partial charge in [-0.25, -0.2) is 4.39 Å². The highest BCUT2D eigenvalue weighted by atomic mass is 19.4. The predicted molar refractivity (Wildman–Crippen MR) is 42.5 cm³/mol. The minimum atomic E-state index is -4.73. The average Bonchev–Trinajstić information content (AvgIpc) is 2.01. The molecule has 0 aliphatic carbocycles. The van der Waals surface area contributed by atoms with Crippen molar-refractivity contribution in [2.45, 2.75) is 12.3 Å². The third-order valence-electron chi connectivity index (χ3n) is 1.69. The maximum Gasteiger partial charge on any atom is 0.419 e. The number of hydrogen-bond donors (Lipinski definition) is 2. The Kier molecular flexibility index (Phi) is 2.77.